The zero-order valence-electron chi connectivity index (χ0n) is 17.7. The van der Waals surface area contributed by atoms with Crippen molar-refractivity contribution in [2.45, 2.75) is 117 Å². The smallest absolute Gasteiger partial charge is 0.548 e. The molecule has 0 heterocycles. The zero-order valence-corrected chi connectivity index (χ0v) is 19.7. The number of carbonyl (C=O) groups excluding carboxylic acids is 1. The maximum Gasteiger partial charge on any atom is 1.00 e. The van der Waals surface area contributed by atoms with Crippen molar-refractivity contribution in [3.8, 4) is 0 Å². The molecular formula is C21H42NNaO2. The summed E-state index contributed by atoms with van der Waals surface area (Å²) in [5.41, 5.74) is 0. The third-order valence-corrected chi connectivity index (χ3v) is 4.87. The summed E-state index contributed by atoms with van der Waals surface area (Å²) in [7, 11) is 0. The van der Waals surface area contributed by atoms with Gasteiger partial charge < -0.3 is 9.90 Å². The molecule has 0 saturated carbocycles. The molecule has 0 N–H and O–H groups in total. The van der Waals surface area contributed by atoms with Crippen LogP contribution in [0.2, 0.25) is 0 Å². The quantitative estimate of drug-likeness (QED) is 0.276. The second kappa shape index (κ2) is 20.7. The van der Waals surface area contributed by atoms with Gasteiger partial charge in [0.1, 0.15) is 0 Å². The SMILES string of the molecule is CCCCCCCCN(CCCCCCCC)C(CCC)C(=O)[O-].[Na+]. The average molecular weight is 364 g/mol. The number of carbonyl (C=O) groups is 1. The third kappa shape index (κ3) is 16.3. The molecule has 0 rings (SSSR count). The second-order valence-electron chi connectivity index (χ2n) is 7.20. The van der Waals surface area contributed by atoms with E-state index in [1.807, 2.05) is 0 Å². The Labute approximate surface area is 179 Å². The molecular weight excluding hydrogens is 321 g/mol. The number of carboxylic acids is 1. The summed E-state index contributed by atoms with van der Waals surface area (Å²) in [6.07, 6.45) is 16.7. The summed E-state index contributed by atoms with van der Waals surface area (Å²) in [5, 5.41) is 11.5. The van der Waals surface area contributed by atoms with Crippen LogP contribution < -0.4 is 34.7 Å². The van der Waals surface area contributed by atoms with Crippen LogP contribution in [0.1, 0.15) is 111 Å². The molecule has 0 aromatic heterocycles. The Morgan fingerprint density at radius 2 is 1.12 bits per heavy atom. The summed E-state index contributed by atoms with van der Waals surface area (Å²) in [6, 6.07) is -0.388. The topological polar surface area (TPSA) is 43.4 Å². The van der Waals surface area contributed by atoms with Crippen molar-refractivity contribution in [2.75, 3.05) is 13.1 Å². The molecule has 0 bridgehead atoms. The Bertz CT molecular complexity index is 271. The molecule has 4 heteroatoms. The van der Waals surface area contributed by atoms with Crippen molar-refractivity contribution < 1.29 is 39.5 Å². The van der Waals surface area contributed by atoms with Crippen molar-refractivity contribution in [2.24, 2.45) is 0 Å². The van der Waals surface area contributed by atoms with Crippen molar-refractivity contribution >= 4 is 5.97 Å². The largest absolute Gasteiger partial charge is 1.00 e. The van der Waals surface area contributed by atoms with Gasteiger partial charge in [-0.05, 0) is 32.4 Å². The predicted octanol–water partition coefficient (Wildman–Crippen LogP) is 1.93. The van der Waals surface area contributed by atoms with Gasteiger partial charge in [0, 0.05) is 6.04 Å². The van der Waals surface area contributed by atoms with Crippen molar-refractivity contribution in [3.05, 3.63) is 0 Å². The van der Waals surface area contributed by atoms with E-state index in [9.17, 15) is 9.90 Å². The maximum atomic E-state index is 11.5. The van der Waals surface area contributed by atoms with E-state index in [4.69, 9.17) is 0 Å². The van der Waals surface area contributed by atoms with Gasteiger partial charge in [0.25, 0.3) is 0 Å². The molecule has 0 aromatic carbocycles. The minimum atomic E-state index is -0.881. The molecule has 0 aliphatic carbocycles. The number of rotatable bonds is 18. The van der Waals surface area contributed by atoms with E-state index in [0.29, 0.717) is 6.42 Å². The Hall–Kier alpha value is 0.430. The minimum Gasteiger partial charge on any atom is -0.548 e. The average Bonchev–Trinajstić information content (AvgIpc) is 2.57. The molecule has 144 valence electrons. The Kier molecular flexibility index (Phi) is 22.9. The molecule has 1 unspecified atom stereocenters. The summed E-state index contributed by atoms with van der Waals surface area (Å²) >= 11 is 0. The fourth-order valence-electron chi connectivity index (χ4n) is 3.34. The van der Waals surface area contributed by atoms with Crippen molar-refractivity contribution in [1.82, 2.24) is 4.90 Å². The third-order valence-electron chi connectivity index (χ3n) is 4.87. The molecule has 0 saturated heterocycles. The number of unbranched alkanes of at least 4 members (excludes halogenated alkanes) is 10. The van der Waals surface area contributed by atoms with Gasteiger partial charge in [-0.15, -0.1) is 0 Å². The van der Waals surface area contributed by atoms with Gasteiger partial charge in [0.15, 0.2) is 0 Å². The van der Waals surface area contributed by atoms with E-state index in [0.717, 1.165) is 32.4 Å². The van der Waals surface area contributed by atoms with E-state index in [1.165, 1.54) is 64.2 Å². The van der Waals surface area contributed by atoms with Crippen LogP contribution in [0.25, 0.3) is 0 Å². The first-order chi connectivity index (χ1) is 11.7. The Morgan fingerprint density at radius 3 is 1.48 bits per heavy atom. The molecule has 0 aromatic rings. The first kappa shape index (κ1) is 27.6. The van der Waals surface area contributed by atoms with Crippen LogP contribution in [0.5, 0.6) is 0 Å². The Morgan fingerprint density at radius 1 is 0.720 bits per heavy atom. The van der Waals surface area contributed by atoms with Crippen LogP contribution in [-0.4, -0.2) is 30.0 Å². The molecule has 0 amide bonds. The molecule has 1 atom stereocenters. The first-order valence-corrected chi connectivity index (χ1v) is 10.6. The van der Waals surface area contributed by atoms with Gasteiger partial charge in [0.05, 0.1) is 5.97 Å². The summed E-state index contributed by atoms with van der Waals surface area (Å²) in [6.45, 7) is 8.36. The van der Waals surface area contributed by atoms with E-state index in [1.54, 1.807) is 0 Å². The standard InChI is InChI=1S/C21H43NO2.Na/c1-4-7-9-11-13-15-18-22(20(17-6-3)21(23)24)19-16-14-12-10-8-5-2;/h20H,4-19H2,1-3H3,(H,23,24);/q;+1/p-1. The van der Waals surface area contributed by atoms with Crippen LogP contribution in [0, 0.1) is 0 Å². The normalized spacial score (nSPS) is 12.2. The summed E-state index contributed by atoms with van der Waals surface area (Å²) in [4.78, 5) is 13.7. The summed E-state index contributed by atoms with van der Waals surface area (Å²) in [5.74, 6) is -0.881. The van der Waals surface area contributed by atoms with E-state index in [-0.39, 0.29) is 35.6 Å². The number of carboxylic acid groups (broad SMARTS) is 1. The van der Waals surface area contributed by atoms with E-state index >= 15 is 0 Å². The molecule has 0 spiro atoms. The van der Waals surface area contributed by atoms with E-state index in [2.05, 4.69) is 25.7 Å². The monoisotopic (exact) mass is 363 g/mol. The van der Waals surface area contributed by atoms with Gasteiger partial charge in [-0.3, -0.25) is 4.90 Å². The molecule has 3 nitrogen and oxygen atoms in total. The number of hydrogen-bond donors (Lipinski definition) is 0. The fourth-order valence-corrected chi connectivity index (χ4v) is 3.34. The molecule has 0 aliphatic heterocycles. The van der Waals surface area contributed by atoms with Crippen LogP contribution >= 0.6 is 0 Å². The van der Waals surface area contributed by atoms with Crippen molar-refractivity contribution in [3.63, 3.8) is 0 Å². The van der Waals surface area contributed by atoms with Gasteiger partial charge >= 0.3 is 29.6 Å². The van der Waals surface area contributed by atoms with E-state index < -0.39 is 5.97 Å². The number of hydrogen-bond acceptors (Lipinski definition) is 3. The zero-order chi connectivity index (χ0) is 18.0. The molecule has 25 heavy (non-hydrogen) atoms. The van der Waals surface area contributed by atoms with Crippen LogP contribution in [0.15, 0.2) is 0 Å². The Balaban J connectivity index is 0. The first-order valence-electron chi connectivity index (χ1n) is 10.6. The number of nitrogens with zero attached hydrogens (tertiary/aromatic N) is 1. The molecule has 0 fully saturated rings. The van der Waals surface area contributed by atoms with Crippen LogP contribution in [-0.2, 0) is 4.79 Å². The van der Waals surface area contributed by atoms with Crippen LogP contribution in [0.3, 0.4) is 0 Å². The minimum absolute atomic E-state index is 0. The maximum absolute atomic E-state index is 11.5. The van der Waals surface area contributed by atoms with Crippen molar-refractivity contribution in [1.29, 1.82) is 0 Å². The second-order valence-corrected chi connectivity index (χ2v) is 7.20. The van der Waals surface area contributed by atoms with Gasteiger partial charge in [-0.1, -0.05) is 91.4 Å². The van der Waals surface area contributed by atoms with Crippen LogP contribution in [0.4, 0.5) is 0 Å². The van der Waals surface area contributed by atoms with Gasteiger partial charge in [-0.2, -0.15) is 0 Å². The van der Waals surface area contributed by atoms with Gasteiger partial charge in [-0.25, -0.2) is 0 Å². The van der Waals surface area contributed by atoms with Gasteiger partial charge in [0.2, 0.25) is 0 Å². The predicted molar refractivity (Wildman–Crippen MR) is 102 cm³/mol. The molecule has 0 aliphatic rings. The number of aliphatic carboxylic acids is 1. The fraction of sp³-hybridized carbons (Fsp3) is 0.952. The summed E-state index contributed by atoms with van der Waals surface area (Å²) < 4.78 is 0. The molecule has 0 radical (unpaired) electrons.